The van der Waals surface area contributed by atoms with E-state index in [-0.39, 0.29) is 17.4 Å². The average molecular weight is 257 g/mol. The minimum absolute atomic E-state index is 0.0906. The third-order valence-corrected chi connectivity index (χ3v) is 2.90. The van der Waals surface area contributed by atoms with Gasteiger partial charge in [-0.25, -0.2) is 4.79 Å². The van der Waals surface area contributed by atoms with Crippen molar-refractivity contribution in [3.8, 4) is 0 Å². The van der Waals surface area contributed by atoms with Crippen LogP contribution in [0.25, 0.3) is 10.8 Å². The molecular weight excluding hydrogens is 242 g/mol. The predicted molar refractivity (Wildman–Crippen MR) is 74.4 cm³/mol. The molecule has 0 spiro atoms. The minimum Gasteiger partial charge on any atom is -0.478 e. The van der Waals surface area contributed by atoms with Crippen molar-refractivity contribution in [1.29, 1.82) is 0 Å². The zero-order chi connectivity index (χ0) is 14.0. The summed E-state index contributed by atoms with van der Waals surface area (Å²) in [5, 5.41) is 13.4. The number of carboxylic acids is 1. The Hall–Kier alpha value is -2.36. The van der Waals surface area contributed by atoms with E-state index in [1.807, 2.05) is 6.07 Å². The highest BCUT2D eigenvalue weighted by Crippen LogP contribution is 2.23. The van der Waals surface area contributed by atoms with Gasteiger partial charge in [-0.1, -0.05) is 32.0 Å². The number of hydrogen-bond donors (Lipinski definition) is 2. The van der Waals surface area contributed by atoms with Crippen molar-refractivity contribution in [2.75, 3.05) is 5.32 Å². The van der Waals surface area contributed by atoms with E-state index in [0.717, 1.165) is 5.39 Å². The summed E-state index contributed by atoms with van der Waals surface area (Å²) < 4.78 is 0. The third-order valence-electron chi connectivity index (χ3n) is 2.90. The van der Waals surface area contributed by atoms with E-state index in [9.17, 15) is 9.59 Å². The van der Waals surface area contributed by atoms with Crippen LogP contribution in [-0.4, -0.2) is 17.0 Å². The van der Waals surface area contributed by atoms with Gasteiger partial charge in [-0.3, -0.25) is 4.79 Å². The number of nitrogens with one attached hydrogen (secondary N) is 1. The van der Waals surface area contributed by atoms with Crippen molar-refractivity contribution in [2.24, 2.45) is 5.92 Å². The number of hydrogen-bond acceptors (Lipinski definition) is 2. The number of aromatic carboxylic acids is 1. The number of carbonyl (C=O) groups excluding carboxylic acids is 1. The Kier molecular flexibility index (Phi) is 3.51. The maximum atomic E-state index is 11.6. The minimum atomic E-state index is -0.974. The highest BCUT2D eigenvalue weighted by molar-refractivity contribution is 6.05. The van der Waals surface area contributed by atoms with E-state index < -0.39 is 5.97 Å². The van der Waals surface area contributed by atoms with Crippen LogP contribution in [0.4, 0.5) is 5.69 Å². The van der Waals surface area contributed by atoms with Gasteiger partial charge in [0, 0.05) is 11.6 Å². The zero-order valence-corrected chi connectivity index (χ0v) is 10.8. The van der Waals surface area contributed by atoms with Crippen LogP contribution in [0, 0.1) is 5.92 Å². The van der Waals surface area contributed by atoms with E-state index in [4.69, 9.17) is 5.11 Å². The van der Waals surface area contributed by atoms with Crippen LogP contribution in [0.3, 0.4) is 0 Å². The van der Waals surface area contributed by atoms with Gasteiger partial charge in [0.05, 0.1) is 5.56 Å². The maximum Gasteiger partial charge on any atom is 0.336 e. The molecule has 2 aromatic rings. The SMILES string of the molecule is CC(C)C(=O)Nc1ccc2cccc(C(=O)O)c2c1. The first-order chi connectivity index (χ1) is 8.99. The fraction of sp³-hybridized carbons (Fsp3) is 0.200. The molecule has 4 heteroatoms. The molecule has 0 fully saturated rings. The van der Waals surface area contributed by atoms with Crippen LogP contribution >= 0.6 is 0 Å². The van der Waals surface area contributed by atoms with Gasteiger partial charge in [-0.2, -0.15) is 0 Å². The second kappa shape index (κ2) is 5.10. The van der Waals surface area contributed by atoms with Crippen LogP contribution < -0.4 is 5.32 Å². The lowest BCUT2D eigenvalue weighted by molar-refractivity contribution is -0.118. The Bertz CT molecular complexity index is 647. The molecule has 0 aliphatic carbocycles. The molecule has 0 heterocycles. The van der Waals surface area contributed by atoms with Gasteiger partial charge < -0.3 is 10.4 Å². The smallest absolute Gasteiger partial charge is 0.336 e. The van der Waals surface area contributed by atoms with E-state index >= 15 is 0 Å². The van der Waals surface area contributed by atoms with Crippen LogP contribution in [0.2, 0.25) is 0 Å². The van der Waals surface area contributed by atoms with Gasteiger partial charge in [0.1, 0.15) is 0 Å². The molecule has 0 saturated heterocycles. The lowest BCUT2D eigenvalue weighted by Gasteiger charge is -2.09. The molecule has 0 saturated carbocycles. The highest BCUT2D eigenvalue weighted by atomic mass is 16.4. The number of fused-ring (bicyclic) bond motifs is 1. The number of carboxylic acid groups (broad SMARTS) is 1. The number of anilines is 1. The van der Waals surface area contributed by atoms with E-state index in [0.29, 0.717) is 11.1 Å². The first kappa shape index (κ1) is 13.1. The van der Waals surface area contributed by atoms with Gasteiger partial charge in [-0.15, -0.1) is 0 Å². The molecule has 98 valence electrons. The monoisotopic (exact) mass is 257 g/mol. The molecular formula is C15H15NO3. The summed E-state index contributed by atoms with van der Waals surface area (Å²) in [5.74, 6) is -1.18. The van der Waals surface area contributed by atoms with Crippen LogP contribution in [-0.2, 0) is 4.79 Å². The molecule has 0 unspecified atom stereocenters. The molecule has 0 aliphatic rings. The first-order valence-corrected chi connectivity index (χ1v) is 6.06. The Labute approximate surface area is 111 Å². The van der Waals surface area contributed by atoms with Gasteiger partial charge >= 0.3 is 5.97 Å². The quantitative estimate of drug-likeness (QED) is 0.887. The summed E-state index contributed by atoms with van der Waals surface area (Å²) in [6, 6.07) is 10.4. The summed E-state index contributed by atoms with van der Waals surface area (Å²) in [5.41, 5.74) is 0.845. The lowest BCUT2D eigenvalue weighted by atomic mass is 10.0. The van der Waals surface area contributed by atoms with Crippen molar-refractivity contribution in [1.82, 2.24) is 0 Å². The third kappa shape index (κ3) is 2.73. The van der Waals surface area contributed by atoms with Gasteiger partial charge in [-0.05, 0) is 29.0 Å². The van der Waals surface area contributed by atoms with Crippen molar-refractivity contribution in [3.05, 3.63) is 42.0 Å². The maximum absolute atomic E-state index is 11.6. The Morgan fingerprint density at radius 3 is 2.53 bits per heavy atom. The van der Waals surface area contributed by atoms with E-state index in [1.165, 1.54) is 0 Å². The lowest BCUT2D eigenvalue weighted by Crippen LogP contribution is -2.17. The summed E-state index contributed by atoms with van der Waals surface area (Å²) in [7, 11) is 0. The van der Waals surface area contributed by atoms with Crippen molar-refractivity contribution < 1.29 is 14.7 Å². The number of amides is 1. The van der Waals surface area contributed by atoms with Crippen LogP contribution in [0.15, 0.2) is 36.4 Å². The van der Waals surface area contributed by atoms with Gasteiger partial charge in [0.25, 0.3) is 0 Å². The average Bonchev–Trinajstić information content (AvgIpc) is 2.37. The normalized spacial score (nSPS) is 10.7. The molecule has 0 bridgehead atoms. The van der Waals surface area contributed by atoms with Gasteiger partial charge in [0.15, 0.2) is 0 Å². The Balaban J connectivity index is 2.47. The fourth-order valence-electron chi connectivity index (χ4n) is 1.82. The standard InChI is InChI=1S/C15H15NO3/c1-9(2)14(17)16-11-7-6-10-4-3-5-12(15(18)19)13(10)8-11/h3-9H,1-2H3,(H,16,17)(H,18,19). The van der Waals surface area contributed by atoms with Crippen LogP contribution in [0.5, 0.6) is 0 Å². The molecule has 1 amide bonds. The Morgan fingerprint density at radius 1 is 1.16 bits per heavy atom. The second-order valence-corrected chi connectivity index (χ2v) is 4.69. The van der Waals surface area contributed by atoms with E-state index in [2.05, 4.69) is 5.32 Å². The largest absolute Gasteiger partial charge is 0.478 e. The number of benzene rings is 2. The molecule has 0 atom stereocenters. The molecule has 0 aromatic heterocycles. The molecule has 19 heavy (non-hydrogen) atoms. The van der Waals surface area contributed by atoms with Crippen molar-refractivity contribution in [2.45, 2.75) is 13.8 Å². The second-order valence-electron chi connectivity index (χ2n) is 4.69. The first-order valence-electron chi connectivity index (χ1n) is 6.06. The Morgan fingerprint density at radius 2 is 1.89 bits per heavy atom. The molecule has 0 aliphatic heterocycles. The predicted octanol–water partition coefficient (Wildman–Crippen LogP) is 3.13. The topological polar surface area (TPSA) is 66.4 Å². The number of rotatable bonds is 3. The molecule has 4 nitrogen and oxygen atoms in total. The zero-order valence-electron chi connectivity index (χ0n) is 10.8. The van der Waals surface area contributed by atoms with Crippen LogP contribution in [0.1, 0.15) is 24.2 Å². The van der Waals surface area contributed by atoms with E-state index in [1.54, 1.807) is 44.2 Å². The molecule has 0 radical (unpaired) electrons. The van der Waals surface area contributed by atoms with Gasteiger partial charge in [0.2, 0.25) is 5.91 Å². The molecule has 2 rings (SSSR count). The molecule has 2 N–H and O–H groups in total. The van der Waals surface area contributed by atoms with Crippen molar-refractivity contribution in [3.63, 3.8) is 0 Å². The van der Waals surface area contributed by atoms with Crippen molar-refractivity contribution >= 4 is 28.3 Å². The summed E-state index contributed by atoms with van der Waals surface area (Å²) >= 11 is 0. The summed E-state index contributed by atoms with van der Waals surface area (Å²) in [6.45, 7) is 3.61. The fourth-order valence-corrected chi connectivity index (χ4v) is 1.82. The molecule has 2 aromatic carbocycles. The summed E-state index contributed by atoms with van der Waals surface area (Å²) in [4.78, 5) is 22.8. The number of carbonyl (C=O) groups is 2. The highest BCUT2D eigenvalue weighted by Gasteiger charge is 2.10. The summed E-state index contributed by atoms with van der Waals surface area (Å²) in [6.07, 6.45) is 0.